The van der Waals surface area contributed by atoms with Gasteiger partial charge in [-0.25, -0.2) is 4.98 Å². The summed E-state index contributed by atoms with van der Waals surface area (Å²) >= 11 is 3.44. The first-order valence-corrected chi connectivity index (χ1v) is 8.58. The molecule has 1 aromatic heterocycles. The van der Waals surface area contributed by atoms with Crippen LogP contribution in [0.2, 0.25) is 0 Å². The van der Waals surface area contributed by atoms with Gasteiger partial charge in [-0.2, -0.15) is 10.2 Å². The number of nitrogens with zero attached hydrogens (tertiary/aromatic N) is 3. The Morgan fingerprint density at radius 2 is 1.96 bits per heavy atom. The van der Waals surface area contributed by atoms with Gasteiger partial charge in [-0.1, -0.05) is 45.8 Å². The van der Waals surface area contributed by atoms with Crippen molar-refractivity contribution in [3.8, 4) is 23.1 Å². The number of benzene rings is 2. The minimum absolute atomic E-state index is 0.00103. The lowest BCUT2D eigenvalue weighted by Crippen LogP contribution is -2.06. The average molecular weight is 410 g/mol. The number of anilines is 2. The summed E-state index contributed by atoms with van der Waals surface area (Å²) in [7, 11) is 0. The predicted molar refractivity (Wildman–Crippen MR) is 104 cm³/mol. The quantitative estimate of drug-likeness (QED) is 0.676. The molecule has 0 spiro atoms. The van der Waals surface area contributed by atoms with Crippen molar-refractivity contribution in [2.75, 3.05) is 11.5 Å². The van der Waals surface area contributed by atoms with Gasteiger partial charge in [0.1, 0.15) is 29.8 Å². The molecule has 3 rings (SSSR count). The zero-order valence-electron chi connectivity index (χ0n) is 14.0. The van der Waals surface area contributed by atoms with E-state index in [1.165, 1.54) is 0 Å². The van der Waals surface area contributed by atoms with E-state index in [-0.39, 0.29) is 17.3 Å². The van der Waals surface area contributed by atoms with Crippen molar-refractivity contribution in [2.45, 2.75) is 13.5 Å². The number of aromatic nitrogens is 2. The number of nitrogens with two attached hydrogens (primary N) is 2. The van der Waals surface area contributed by atoms with Gasteiger partial charge in [0.15, 0.2) is 0 Å². The highest BCUT2D eigenvalue weighted by atomic mass is 79.9. The van der Waals surface area contributed by atoms with Crippen molar-refractivity contribution in [2.24, 2.45) is 0 Å². The van der Waals surface area contributed by atoms with Crippen LogP contribution in [0.1, 0.15) is 16.7 Å². The first-order chi connectivity index (χ1) is 12.5. The summed E-state index contributed by atoms with van der Waals surface area (Å²) in [6, 6.07) is 15.6. The molecule has 3 aromatic rings. The van der Waals surface area contributed by atoms with Crippen LogP contribution in [0.3, 0.4) is 0 Å². The highest BCUT2D eigenvalue weighted by Crippen LogP contribution is 2.35. The standard InChI is InChI=1S/C19H16BrN5O/c1-11-3-2-4-12(7-11)10-26-16-6-5-13(20)8-14(16)17-15(9-21)18(22)25-19(23)24-17/h2-8H,10H2,1H3,(H4,22,23,24,25). The third-order valence-corrected chi connectivity index (χ3v) is 4.23. The molecule has 0 unspecified atom stereocenters. The summed E-state index contributed by atoms with van der Waals surface area (Å²) < 4.78 is 6.81. The molecular formula is C19H16BrN5O. The summed E-state index contributed by atoms with van der Waals surface area (Å²) in [5, 5.41) is 9.45. The van der Waals surface area contributed by atoms with Gasteiger partial charge in [0.2, 0.25) is 5.95 Å². The SMILES string of the molecule is Cc1cccc(COc2ccc(Br)cc2-c2nc(N)nc(N)c2C#N)c1. The van der Waals surface area contributed by atoms with E-state index in [2.05, 4.69) is 32.0 Å². The van der Waals surface area contributed by atoms with Crippen LogP contribution in [0.4, 0.5) is 11.8 Å². The van der Waals surface area contributed by atoms with Crippen molar-refractivity contribution in [3.63, 3.8) is 0 Å². The minimum Gasteiger partial charge on any atom is -0.488 e. The molecule has 130 valence electrons. The third kappa shape index (κ3) is 3.76. The molecule has 0 saturated heterocycles. The van der Waals surface area contributed by atoms with E-state index in [0.717, 1.165) is 15.6 Å². The van der Waals surface area contributed by atoms with Crippen molar-refractivity contribution in [3.05, 3.63) is 63.6 Å². The van der Waals surface area contributed by atoms with Crippen LogP contribution >= 0.6 is 15.9 Å². The van der Waals surface area contributed by atoms with Crippen LogP contribution in [0.25, 0.3) is 11.3 Å². The van der Waals surface area contributed by atoms with E-state index in [1.54, 1.807) is 0 Å². The molecule has 2 aromatic carbocycles. The molecule has 0 aliphatic rings. The van der Waals surface area contributed by atoms with Crippen LogP contribution in [0.15, 0.2) is 46.9 Å². The van der Waals surface area contributed by atoms with Gasteiger partial charge in [0.25, 0.3) is 0 Å². The molecule has 0 saturated carbocycles. The molecule has 0 radical (unpaired) electrons. The molecule has 4 N–H and O–H groups in total. The fourth-order valence-corrected chi connectivity index (χ4v) is 2.94. The summed E-state index contributed by atoms with van der Waals surface area (Å²) in [5.41, 5.74) is 14.9. The summed E-state index contributed by atoms with van der Waals surface area (Å²) in [4.78, 5) is 8.06. The number of rotatable bonds is 4. The van der Waals surface area contributed by atoms with E-state index >= 15 is 0 Å². The van der Waals surface area contributed by atoms with E-state index in [1.807, 2.05) is 49.4 Å². The first-order valence-electron chi connectivity index (χ1n) is 7.79. The lowest BCUT2D eigenvalue weighted by molar-refractivity contribution is 0.307. The number of aryl methyl sites for hydroxylation is 1. The third-order valence-electron chi connectivity index (χ3n) is 3.74. The van der Waals surface area contributed by atoms with Crippen molar-refractivity contribution in [1.82, 2.24) is 9.97 Å². The number of hydrogen-bond donors (Lipinski definition) is 2. The summed E-state index contributed by atoms with van der Waals surface area (Å²) in [5.74, 6) is 0.615. The molecule has 0 bridgehead atoms. The van der Waals surface area contributed by atoms with Crippen LogP contribution in [0.5, 0.6) is 5.75 Å². The van der Waals surface area contributed by atoms with Crippen LogP contribution in [0, 0.1) is 18.3 Å². The van der Waals surface area contributed by atoms with Gasteiger partial charge in [0, 0.05) is 10.0 Å². The van der Waals surface area contributed by atoms with Crippen molar-refractivity contribution < 1.29 is 4.74 Å². The molecule has 0 atom stereocenters. The second-order valence-corrected chi connectivity index (χ2v) is 6.64. The lowest BCUT2D eigenvalue weighted by atomic mass is 10.1. The zero-order chi connectivity index (χ0) is 18.7. The second kappa shape index (κ2) is 7.42. The highest BCUT2D eigenvalue weighted by Gasteiger charge is 2.17. The van der Waals surface area contributed by atoms with E-state index < -0.39 is 0 Å². The summed E-state index contributed by atoms with van der Waals surface area (Å²) in [6.07, 6.45) is 0. The molecule has 7 heteroatoms. The largest absolute Gasteiger partial charge is 0.488 e. The molecule has 0 fully saturated rings. The normalized spacial score (nSPS) is 10.3. The van der Waals surface area contributed by atoms with Gasteiger partial charge >= 0.3 is 0 Å². The van der Waals surface area contributed by atoms with Crippen LogP contribution in [-0.2, 0) is 6.61 Å². The van der Waals surface area contributed by atoms with Crippen molar-refractivity contribution >= 4 is 27.7 Å². The van der Waals surface area contributed by atoms with Gasteiger partial charge < -0.3 is 16.2 Å². The molecule has 0 aliphatic heterocycles. The predicted octanol–water partition coefficient (Wildman–Crippen LogP) is 3.83. The lowest BCUT2D eigenvalue weighted by Gasteiger charge is -2.14. The van der Waals surface area contributed by atoms with E-state index in [9.17, 15) is 5.26 Å². The first kappa shape index (κ1) is 17.7. The Bertz CT molecular complexity index is 1010. The Morgan fingerprint density at radius 1 is 1.15 bits per heavy atom. The molecule has 0 aliphatic carbocycles. The second-order valence-electron chi connectivity index (χ2n) is 5.72. The zero-order valence-corrected chi connectivity index (χ0v) is 15.6. The Balaban J connectivity index is 2.04. The van der Waals surface area contributed by atoms with Crippen LogP contribution < -0.4 is 16.2 Å². The maximum atomic E-state index is 9.45. The fraction of sp³-hybridized carbons (Fsp3) is 0.105. The fourth-order valence-electron chi connectivity index (χ4n) is 2.58. The Morgan fingerprint density at radius 3 is 2.69 bits per heavy atom. The Kier molecular flexibility index (Phi) is 5.05. The summed E-state index contributed by atoms with van der Waals surface area (Å²) in [6.45, 7) is 2.41. The van der Waals surface area contributed by atoms with E-state index in [0.29, 0.717) is 23.6 Å². The Labute approximate surface area is 159 Å². The van der Waals surface area contributed by atoms with Gasteiger partial charge in [-0.05, 0) is 30.7 Å². The number of halogens is 1. The minimum atomic E-state index is 0.00103. The number of nitrogen functional groups attached to an aromatic ring is 2. The van der Waals surface area contributed by atoms with Crippen molar-refractivity contribution in [1.29, 1.82) is 5.26 Å². The molecule has 1 heterocycles. The molecule has 6 nitrogen and oxygen atoms in total. The smallest absolute Gasteiger partial charge is 0.222 e. The number of nitriles is 1. The molecule has 26 heavy (non-hydrogen) atoms. The monoisotopic (exact) mass is 409 g/mol. The molecular weight excluding hydrogens is 394 g/mol. The molecule has 0 amide bonds. The topological polar surface area (TPSA) is 111 Å². The van der Waals surface area contributed by atoms with Gasteiger partial charge in [-0.3, -0.25) is 0 Å². The van der Waals surface area contributed by atoms with Crippen LogP contribution in [-0.4, -0.2) is 9.97 Å². The van der Waals surface area contributed by atoms with Gasteiger partial charge in [0.05, 0.1) is 5.69 Å². The maximum absolute atomic E-state index is 9.45. The van der Waals surface area contributed by atoms with Gasteiger partial charge in [-0.15, -0.1) is 0 Å². The number of ether oxygens (including phenoxy) is 1. The Hall–Kier alpha value is -3.11. The highest BCUT2D eigenvalue weighted by molar-refractivity contribution is 9.10. The van der Waals surface area contributed by atoms with E-state index in [4.69, 9.17) is 16.2 Å². The maximum Gasteiger partial charge on any atom is 0.222 e. The number of hydrogen-bond acceptors (Lipinski definition) is 6. The average Bonchev–Trinajstić information content (AvgIpc) is 2.60.